The molecule has 0 aromatic heterocycles. The SMILES string of the molecule is CCC(N)=N[C@H](CC)CO. The Kier molecular flexibility index (Phi) is 4.94. The van der Waals surface area contributed by atoms with Gasteiger partial charge in [-0.3, -0.25) is 4.99 Å². The van der Waals surface area contributed by atoms with Crippen molar-refractivity contribution in [3.05, 3.63) is 0 Å². The summed E-state index contributed by atoms with van der Waals surface area (Å²) < 4.78 is 0. The van der Waals surface area contributed by atoms with E-state index in [9.17, 15) is 0 Å². The van der Waals surface area contributed by atoms with E-state index in [4.69, 9.17) is 10.8 Å². The first-order valence-corrected chi connectivity index (χ1v) is 3.67. The van der Waals surface area contributed by atoms with E-state index in [-0.39, 0.29) is 12.6 Å². The quantitative estimate of drug-likeness (QED) is 0.446. The van der Waals surface area contributed by atoms with Crippen LogP contribution in [0, 0.1) is 0 Å². The molecule has 10 heavy (non-hydrogen) atoms. The topological polar surface area (TPSA) is 58.6 Å². The minimum Gasteiger partial charge on any atom is -0.394 e. The molecule has 60 valence electrons. The van der Waals surface area contributed by atoms with Crippen LogP contribution in [-0.2, 0) is 0 Å². The molecule has 0 amide bonds. The van der Waals surface area contributed by atoms with Crippen molar-refractivity contribution in [1.82, 2.24) is 0 Å². The van der Waals surface area contributed by atoms with Gasteiger partial charge in [0.2, 0.25) is 0 Å². The molecule has 0 saturated heterocycles. The maximum atomic E-state index is 8.71. The van der Waals surface area contributed by atoms with Gasteiger partial charge in [0.15, 0.2) is 0 Å². The van der Waals surface area contributed by atoms with E-state index in [1.807, 2.05) is 13.8 Å². The molecule has 0 fully saturated rings. The molecule has 0 radical (unpaired) electrons. The molecule has 0 spiro atoms. The Balaban J connectivity index is 3.80. The first kappa shape index (κ1) is 9.43. The summed E-state index contributed by atoms with van der Waals surface area (Å²) in [5.74, 6) is 0.626. The molecule has 3 heteroatoms. The monoisotopic (exact) mass is 144 g/mol. The zero-order valence-electron chi connectivity index (χ0n) is 6.67. The highest BCUT2D eigenvalue weighted by Gasteiger charge is 2.00. The van der Waals surface area contributed by atoms with Gasteiger partial charge in [-0.1, -0.05) is 13.8 Å². The van der Waals surface area contributed by atoms with Crippen molar-refractivity contribution in [2.45, 2.75) is 32.7 Å². The summed E-state index contributed by atoms with van der Waals surface area (Å²) in [4.78, 5) is 4.08. The Labute approximate surface area is 62.0 Å². The van der Waals surface area contributed by atoms with Crippen LogP contribution in [0.15, 0.2) is 4.99 Å². The molecule has 1 atom stereocenters. The number of rotatable bonds is 4. The third-order valence-corrected chi connectivity index (χ3v) is 1.39. The van der Waals surface area contributed by atoms with Crippen molar-refractivity contribution in [1.29, 1.82) is 0 Å². The molecule has 0 heterocycles. The van der Waals surface area contributed by atoms with Crippen molar-refractivity contribution >= 4 is 5.84 Å². The minimum atomic E-state index is -0.0000463. The van der Waals surface area contributed by atoms with E-state index in [1.54, 1.807) is 0 Å². The second-order valence-corrected chi connectivity index (χ2v) is 2.22. The number of aliphatic hydroxyl groups is 1. The summed E-state index contributed by atoms with van der Waals surface area (Å²) in [5, 5.41) is 8.71. The first-order valence-electron chi connectivity index (χ1n) is 3.67. The lowest BCUT2D eigenvalue weighted by atomic mass is 10.2. The highest BCUT2D eigenvalue weighted by Crippen LogP contribution is 1.95. The van der Waals surface area contributed by atoms with Crippen LogP contribution in [0.1, 0.15) is 26.7 Å². The highest BCUT2D eigenvalue weighted by atomic mass is 16.3. The largest absolute Gasteiger partial charge is 0.394 e. The van der Waals surface area contributed by atoms with Gasteiger partial charge in [-0.25, -0.2) is 0 Å². The van der Waals surface area contributed by atoms with Gasteiger partial charge in [0, 0.05) is 6.42 Å². The molecule has 0 saturated carbocycles. The molecule has 0 unspecified atom stereocenters. The van der Waals surface area contributed by atoms with Crippen LogP contribution in [0.3, 0.4) is 0 Å². The van der Waals surface area contributed by atoms with Gasteiger partial charge in [-0.2, -0.15) is 0 Å². The minimum absolute atomic E-state index is 0.0000463. The Morgan fingerprint density at radius 3 is 2.50 bits per heavy atom. The molecule has 0 rings (SSSR count). The van der Waals surface area contributed by atoms with Gasteiger partial charge in [-0.15, -0.1) is 0 Å². The summed E-state index contributed by atoms with van der Waals surface area (Å²) in [7, 11) is 0. The van der Waals surface area contributed by atoms with Crippen molar-refractivity contribution < 1.29 is 5.11 Å². The number of nitrogens with two attached hydrogens (primary N) is 1. The van der Waals surface area contributed by atoms with Crippen LogP contribution in [0.4, 0.5) is 0 Å². The predicted molar refractivity (Wildman–Crippen MR) is 43.1 cm³/mol. The number of aliphatic imine (C=N–C) groups is 1. The molecule has 0 aliphatic rings. The van der Waals surface area contributed by atoms with Gasteiger partial charge in [-0.05, 0) is 6.42 Å². The zero-order valence-corrected chi connectivity index (χ0v) is 6.67. The highest BCUT2D eigenvalue weighted by molar-refractivity contribution is 5.80. The van der Waals surface area contributed by atoms with Crippen molar-refractivity contribution in [2.24, 2.45) is 10.7 Å². The normalized spacial score (nSPS) is 15.3. The molecule has 0 bridgehead atoms. The summed E-state index contributed by atoms with van der Waals surface area (Å²) in [6, 6.07) is -0.0000463. The third-order valence-electron chi connectivity index (χ3n) is 1.39. The van der Waals surface area contributed by atoms with Crippen molar-refractivity contribution in [2.75, 3.05) is 6.61 Å². The Hall–Kier alpha value is -0.570. The number of aliphatic hydroxyl groups excluding tert-OH is 1. The van der Waals surface area contributed by atoms with Gasteiger partial charge in [0.1, 0.15) is 0 Å². The first-order chi connectivity index (χ1) is 4.74. The molecule has 0 aliphatic heterocycles. The summed E-state index contributed by atoms with van der Waals surface area (Å²) in [5.41, 5.74) is 5.46. The smallest absolute Gasteiger partial charge is 0.0938 e. The number of amidine groups is 1. The van der Waals surface area contributed by atoms with E-state index >= 15 is 0 Å². The van der Waals surface area contributed by atoms with E-state index in [2.05, 4.69) is 4.99 Å². The van der Waals surface area contributed by atoms with E-state index in [1.165, 1.54) is 0 Å². The van der Waals surface area contributed by atoms with Gasteiger partial charge < -0.3 is 10.8 Å². The lowest BCUT2D eigenvalue weighted by Crippen LogP contribution is -2.17. The molecule has 0 aromatic carbocycles. The second-order valence-electron chi connectivity index (χ2n) is 2.22. The van der Waals surface area contributed by atoms with E-state index in [0.29, 0.717) is 5.84 Å². The maximum absolute atomic E-state index is 8.71. The average molecular weight is 144 g/mol. The summed E-state index contributed by atoms with van der Waals surface area (Å²) in [6.45, 7) is 4.02. The standard InChI is InChI=1S/C7H16N2O/c1-3-6(5-10)9-7(8)4-2/h6,10H,3-5H2,1-2H3,(H2,8,9)/t6-/m1/s1. The second kappa shape index (κ2) is 5.23. The number of hydrogen-bond acceptors (Lipinski definition) is 2. The average Bonchev–Trinajstić information content (AvgIpc) is 1.99. The lowest BCUT2D eigenvalue weighted by Gasteiger charge is -2.05. The lowest BCUT2D eigenvalue weighted by molar-refractivity contribution is 0.264. The summed E-state index contributed by atoms with van der Waals surface area (Å²) in [6.07, 6.45) is 1.60. The number of hydrogen-bond donors (Lipinski definition) is 2. The van der Waals surface area contributed by atoms with Crippen LogP contribution in [0.5, 0.6) is 0 Å². The fourth-order valence-corrected chi connectivity index (χ4v) is 0.587. The third kappa shape index (κ3) is 3.45. The fourth-order valence-electron chi connectivity index (χ4n) is 0.587. The molecular weight excluding hydrogens is 128 g/mol. The van der Waals surface area contributed by atoms with Crippen LogP contribution in [0.2, 0.25) is 0 Å². The maximum Gasteiger partial charge on any atom is 0.0938 e. The van der Waals surface area contributed by atoms with Crippen LogP contribution < -0.4 is 5.73 Å². The van der Waals surface area contributed by atoms with Gasteiger partial charge in [0.25, 0.3) is 0 Å². The van der Waals surface area contributed by atoms with Gasteiger partial charge >= 0.3 is 0 Å². The van der Waals surface area contributed by atoms with Crippen LogP contribution in [-0.4, -0.2) is 23.6 Å². The van der Waals surface area contributed by atoms with Crippen molar-refractivity contribution in [3.8, 4) is 0 Å². The molecule has 3 N–H and O–H groups in total. The van der Waals surface area contributed by atoms with Crippen molar-refractivity contribution in [3.63, 3.8) is 0 Å². The molecule has 3 nitrogen and oxygen atoms in total. The molecule has 0 aliphatic carbocycles. The number of nitrogens with zero attached hydrogens (tertiary/aromatic N) is 1. The Morgan fingerprint density at radius 1 is 1.60 bits per heavy atom. The van der Waals surface area contributed by atoms with Crippen LogP contribution in [0.25, 0.3) is 0 Å². The zero-order chi connectivity index (χ0) is 7.98. The fraction of sp³-hybridized carbons (Fsp3) is 0.857. The van der Waals surface area contributed by atoms with E-state index in [0.717, 1.165) is 12.8 Å². The summed E-state index contributed by atoms with van der Waals surface area (Å²) >= 11 is 0. The predicted octanol–water partition coefficient (Wildman–Crippen LogP) is 0.525. The Morgan fingerprint density at radius 2 is 2.20 bits per heavy atom. The van der Waals surface area contributed by atoms with Crippen LogP contribution >= 0.6 is 0 Å². The van der Waals surface area contributed by atoms with Gasteiger partial charge in [0.05, 0.1) is 18.5 Å². The molecule has 0 aromatic rings. The molecular formula is C7H16N2O. The van der Waals surface area contributed by atoms with E-state index < -0.39 is 0 Å². The Bertz CT molecular complexity index is 108.